The van der Waals surface area contributed by atoms with Gasteiger partial charge in [-0.2, -0.15) is 5.26 Å². The minimum atomic E-state index is -0.418. The number of likely N-dealkylation sites (tertiary alicyclic amines) is 1. The highest BCUT2D eigenvalue weighted by Gasteiger charge is 2.26. The van der Waals surface area contributed by atoms with E-state index in [4.69, 9.17) is 15.7 Å². The van der Waals surface area contributed by atoms with E-state index < -0.39 is 5.82 Å². The molecule has 0 bridgehead atoms. The van der Waals surface area contributed by atoms with Crippen molar-refractivity contribution >= 4 is 5.91 Å². The third-order valence-corrected chi connectivity index (χ3v) is 5.99. The molecule has 5 nitrogen and oxygen atoms in total. The van der Waals surface area contributed by atoms with Crippen LogP contribution in [0.2, 0.25) is 0 Å². The first kappa shape index (κ1) is 19.6. The average molecular weight is 373 g/mol. The molecule has 0 atom stereocenters. The molecule has 1 saturated heterocycles. The Balaban J connectivity index is 1.38. The van der Waals surface area contributed by atoms with Crippen LogP contribution in [-0.2, 0) is 4.79 Å². The topological polar surface area (TPSA) is 79.3 Å². The summed E-state index contributed by atoms with van der Waals surface area (Å²) in [4.78, 5) is 13.7. The molecule has 2 aliphatic rings. The predicted octanol–water partition coefficient (Wildman–Crippen LogP) is 3.22. The monoisotopic (exact) mass is 373 g/mol. The molecule has 1 aromatic rings. The van der Waals surface area contributed by atoms with E-state index in [9.17, 15) is 9.18 Å². The summed E-state index contributed by atoms with van der Waals surface area (Å²) >= 11 is 0. The quantitative estimate of drug-likeness (QED) is 0.830. The Kier molecular flexibility index (Phi) is 6.68. The van der Waals surface area contributed by atoms with Gasteiger partial charge in [-0.3, -0.25) is 4.79 Å². The second kappa shape index (κ2) is 9.18. The number of amides is 1. The van der Waals surface area contributed by atoms with Gasteiger partial charge in [0.1, 0.15) is 23.7 Å². The maximum atomic E-state index is 13.2. The van der Waals surface area contributed by atoms with Crippen molar-refractivity contribution in [1.29, 1.82) is 5.26 Å². The van der Waals surface area contributed by atoms with E-state index in [0.29, 0.717) is 11.7 Å². The largest absolute Gasteiger partial charge is 0.489 e. The summed E-state index contributed by atoms with van der Waals surface area (Å²) in [5, 5.41) is 9.12. The van der Waals surface area contributed by atoms with E-state index in [1.54, 1.807) is 6.07 Å². The van der Waals surface area contributed by atoms with Gasteiger partial charge in [-0.1, -0.05) is 0 Å². The molecule has 146 valence electrons. The zero-order valence-corrected chi connectivity index (χ0v) is 15.7. The van der Waals surface area contributed by atoms with E-state index in [1.165, 1.54) is 18.6 Å². The van der Waals surface area contributed by atoms with E-state index in [-0.39, 0.29) is 23.5 Å². The molecule has 1 aliphatic carbocycles. The Hall–Kier alpha value is -2.13. The molecule has 1 aromatic carbocycles. The van der Waals surface area contributed by atoms with Crippen LogP contribution >= 0.6 is 0 Å². The van der Waals surface area contributed by atoms with Gasteiger partial charge >= 0.3 is 0 Å². The normalized spacial score (nSPS) is 24.3. The maximum Gasteiger partial charge on any atom is 0.220 e. The molecule has 27 heavy (non-hydrogen) atoms. The number of primary amides is 1. The molecular formula is C21H28FN3O2. The fourth-order valence-electron chi connectivity index (χ4n) is 4.22. The second-order valence-corrected chi connectivity index (χ2v) is 7.82. The Morgan fingerprint density at radius 3 is 2.56 bits per heavy atom. The van der Waals surface area contributed by atoms with Gasteiger partial charge in [0.25, 0.3) is 0 Å². The summed E-state index contributed by atoms with van der Waals surface area (Å²) in [5.74, 6) is 0.698. The van der Waals surface area contributed by atoms with Crippen molar-refractivity contribution in [3.05, 3.63) is 29.6 Å². The fourth-order valence-corrected chi connectivity index (χ4v) is 4.22. The lowest BCUT2D eigenvalue weighted by Crippen LogP contribution is -2.39. The lowest BCUT2D eigenvalue weighted by molar-refractivity contribution is -0.123. The van der Waals surface area contributed by atoms with Gasteiger partial charge in [-0.25, -0.2) is 4.39 Å². The molecule has 2 fully saturated rings. The number of piperidine rings is 1. The molecule has 0 aromatic heterocycles. The van der Waals surface area contributed by atoms with E-state index >= 15 is 0 Å². The first-order valence-electron chi connectivity index (χ1n) is 9.93. The molecule has 2 N–H and O–H groups in total. The van der Waals surface area contributed by atoms with Gasteiger partial charge in [0.15, 0.2) is 0 Å². The van der Waals surface area contributed by atoms with Gasteiger partial charge in [0.05, 0.1) is 5.56 Å². The SMILES string of the molecule is N#Cc1cc(F)ccc1OC1CCN(CCC2CCC(C(N)=O)CC2)CC1. The molecule has 0 unspecified atom stereocenters. The number of nitrogens with two attached hydrogens (primary N) is 1. The molecule has 6 heteroatoms. The average Bonchev–Trinajstić information content (AvgIpc) is 2.69. The summed E-state index contributed by atoms with van der Waals surface area (Å²) in [6.45, 7) is 3.04. The van der Waals surface area contributed by atoms with Gasteiger partial charge in [0, 0.05) is 19.0 Å². The van der Waals surface area contributed by atoms with E-state index in [0.717, 1.165) is 58.2 Å². The van der Waals surface area contributed by atoms with Crippen LogP contribution in [0, 0.1) is 29.0 Å². The Labute approximate surface area is 160 Å². The van der Waals surface area contributed by atoms with Crippen LogP contribution in [0.25, 0.3) is 0 Å². The van der Waals surface area contributed by atoms with Crippen LogP contribution in [0.4, 0.5) is 4.39 Å². The predicted molar refractivity (Wildman–Crippen MR) is 100 cm³/mol. The summed E-state index contributed by atoms with van der Waals surface area (Å²) in [6, 6.07) is 6.09. The molecule has 3 rings (SSSR count). The number of nitriles is 1. The molecular weight excluding hydrogens is 345 g/mol. The molecule has 0 radical (unpaired) electrons. The van der Waals surface area contributed by atoms with Crippen LogP contribution in [0.3, 0.4) is 0 Å². The number of rotatable bonds is 6. The number of nitrogens with zero attached hydrogens (tertiary/aromatic N) is 2. The zero-order valence-electron chi connectivity index (χ0n) is 15.7. The van der Waals surface area contributed by atoms with Crippen LogP contribution < -0.4 is 10.5 Å². The van der Waals surface area contributed by atoms with Gasteiger partial charge in [-0.15, -0.1) is 0 Å². The Morgan fingerprint density at radius 2 is 1.93 bits per heavy atom. The smallest absolute Gasteiger partial charge is 0.220 e. The highest BCUT2D eigenvalue weighted by atomic mass is 19.1. The highest BCUT2D eigenvalue weighted by Crippen LogP contribution is 2.31. The van der Waals surface area contributed by atoms with Gasteiger partial charge in [0.2, 0.25) is 5.91 Å². The summed E-state index contributed by atoms with van der Waals surface area (Å²) in [6.07, 6.45) is 7.17. The van der Waals surface area contributed by atoms with Crippen molar-refractivity contribution in [1.82, 2.24) is 4.90 Å². The Morgan fingerprint density at radius 1 is 1.22 bits per heavy atom. The summed E-state index contributed by atoms with van der Waals surface area (Å²) in [5.41, 5.74) is 5.66. The number of hydrogen-bond donors (Lipinski definition) is 1. The fraction of sp³-hybridized carbons (Fsp3) is 0.619. The zero-order chi connectivity index (χ0) is 19.2. The minimum absolute atomic E-state index is 0.0739. The number of halogens is 1. The minimum Gasteiger partial charge on any atom is -0.489 e. The van der Waals surface area contributed by atoms with Crippen LogP contribution in [0.1, 0.15) is 50.5 Å². The maximum absolute atomic E-state index is 13.2. The van der Waals surface area contributed by atoms with Crippen LogP contribution in [-0.4, -0.2) is 36.5 Å². The van der Waals surface area contributed by atoms with Crippen molar-refractivity contribution in [2.75, 3.05) is 19.6 Å². The first-order valence-corrected chi connectivity index (χ1v) is 9.93. The van der Waals surface area contributed by atoms with Crippen molar-refractivity contribution in [3.8, 4) is 11.8 Å². The van der Waals surface area contributed by atoms with Crippen LogP contribution in [0.15, 0.2) is 18.2 Å². The summed E-state index contributed by atoms with van der Waals surface area (Å²) < 4.78 is 19.2. The molecule has 1 amide bonds. The first-order chi connectivity index (χ1) is 13.0. The number of carbonyl (C=O) groups excluding carboxylic acids is 1. The van der Waals surface area contributed by atoms with E-state index in [1.807, 2.05) is 6.07 Å². The second-order valence-electron chi connectivity index (χ2n) is 7.82. The van der Waals surface area contributed by atoms with Crippen molar-refractivity contribution in [2.24, 2.45) is 17.6 Å². The number of ether oxygens (including phenoxy) is 1. The molecule has 0 spiro atoms. The number of hydrogen-bond acceptors (Lipinski definition) is 4. The van der Waals surface area contributed by atoms with Gasteiger partial charge in [-0.05, 0) is 75.6 Å². The molecule has 1 saturated carbocycles. The van der Waals surface area contributed by atoms with Crippen molar-refractivity contribution in [2.45, 2.75) is 51.0 Å². The molecule has 1 aliphatic heterocycles. The number of carbonyl (C=O) groups is 1. The third kappa shape index (κ3) is 5.43. The Bertz CT molecular complexity index is 687. The highest BCUT2D eigenvalue weighted by molar-refractivity contribution is 5.76. The third-order valence-electron chi connectivity index (χ3n) is 5.99. The standard InChI is InChI=1S/C21H28FN3O2/c22-18-5-6-20(17(13-18)14-23)27-19-8-11-25(12-9-19)10-7-15-1-3-16(4-2-15)21(24)26/h5-6,13,15-16,19H,1-4,7-12H2,(H2,24,26). The molecule has 1 heterocycles. The van der Waals surface area contributed by atoms with E-state index in [2.05, 4.69) is 4.90 Å². The van der Waals surface area contributed by atoms with Gasteiger partial charge < -0.3 is 15.4 Å². The van der Waals surface area contributed by atoms with Crippen molar-refractivity contribution < 1.29 is 13.9 Å². The lowest BCUT2D eigenvalue weighted by Gasteiger charge is -2.34. The van der Waals surface area contributed by atoms with Crippen LogP contribution in [0.5, 0.6) is 5.75 Å². The summed E-state index contributed by atoms with van der Waals surface area (Å²) in [7, 11) is 0. The lowest BCUT2D eigenvalue weighted by atomic mass is 9.80. The number of benzene rings is 1. The van der Waals surface area contributed by atoms with Crippen molar-refractivity contribution in [3.63, 3.8) is 0 Å².